The molecule has 684 valence electrons. The zero-order valence-electron chi connectivity index (χ0n) is 78.9. The lowest BCUT2D eigenvalue weighted by molar-refractivity contribution is 0.584. The van der Waals surface area contributed by atoms with Crippen LogP contribution in [-0.4, -0.2) is 0 Å². The Bertz CT molecular complexity index is 7980. The number of benzene rings is 20. The van der Waals surface area contributed by atoms with Crippen LogP contribution in [0.4, 0.5) is 115 Å². The molecule has 0 amide bonds. The van der Waals surface area contributed by atoms with Crippen LogP contribution in [0.15, 0.2) is 340 Å². The van der Waals surface area contributed by atoms with Gasteiger partial charge in [0.15, 0.2) is 11.4 Å². The quantitative estimate of drug-likeness (QED) is 0.0545. The summed E-state index contributed by atoms with van der Waals surface area (Å²) in [5.41, 5.74) is 13.3. The summed E-state index contributed by atoms with van der Waals surface area (Å²) in [6.45, 7) is 40.4. The smallest absolute Gasteiger partial charge is 0.187 e. The van der Waals surface area contributed by atoms with E-state index in [4.69, 9.17) is 13.1 Å². The molecule has 0 fully saturated rings. The van der Waals surface area contributed by atoms with Crippen molar-refractivity contribution in [1.82, 2.24) is 0 Å². The van der Waals surface area contributed by atoms with Crippen LogP contribution in [0.25, 0.3) is 119 Å². The Hall–Kier alpha value is -16.9. The van der Waals surface area contributed by atoms with E-state index in [1.54, 1.807) is 129 Å². The molecular weight excluding hydrogens is 1750 g/mol. The number of anilines is 12. The summed E-state index contributed by atoms with van der Waals surface area (Å²) >= 11 is 0. The molecular formula is C124H92F8N8. The molecule has 0 bridgehead atoms. The summed E-state index contributed by atoms with van der Waals surface area (Å²) in [5.74, 6) is -5.93. The first-order chi connectivity index (χ1) is 67.0. The fourth-order valence-corrected chi connectivity index (χ4v) is 19.0. The van der Waals surface area contributed by atoms with Crippen LogP contribution < -0.4 is 19.6 Å². The maximum absolute atomic E-state index is 16.7. The fourth-order valence-electron chi connectivity index (χ4n) is 19.0. The first-order valence-corrected chi connectivity index (χ1v) is 46.0. The zero-order chi connectivity index (χ0) is 98.4. The molecule has 0 aliphatic heterocycles. The Morgan fingerprint density at radius 2 is 0.464 bits per heavy atom. The average Bonchev–Trinajstić information content (AvgIpc) is 0.718. The van der Waals surface area contributed by atoms with Gasteiger partial charge in [-0.25, -0.2) is 44.8 Å². The van der Waals surface area contributed by atoms with Gasteiger partial charge in [-0.1, -0.05) is 277 Å². The average molecular weight is 1850 g/mol. The summed E-state index contributed by atoms with van der Waals surface area (Å²) in [6, 6.07) is 104. The molecule has 0 radical (unpaired) electrons. The number of hydrogen-bond acceptors (Lipinski definition) is 6. The van der Waals surface area contributed by atoms with E-state index in [0.717, 1.165) is 111 Å². The molecule has 140 heavy (non-hydrogen) atoms. The summed E-state index contributed by atoms with van der Waals surface area (Å²) < 4.78 is 131. The second-order valence-electron chi connectivity index (χ2n) is 39.5. The first-order valence-electron chi connectivity index (χ1n) is 46.0. The number of rotatable bonds is 16. The molecule has 0 N–H and O–H groups in total. The van der Waals surface area contributed by atoms with E-state index in [0.29, 0.717) is 90.3 Å². The summed E-state index contributed by atoms with van der Waals surface area (Å²) in [4.78, 5) is 14.2. The fraction of sp³-hybridized carbons (Fsp3) is 0.129. The minimum Gasteiger partial charge on any atom is -0.307 e. The van der Waals surface area contributed by atoms with Crippen LogP contribution in [0, 0.1) is 82.3 Å². The molecule has 0 saturated heterocycles. The Kier molecular flexibility index (Phi) is 23.7. The predicted octanol–water partition coefficient (Wildman–Crippen LogP) is 36.9. The molecule has 20 aromatic carbocycles. The van der Waals surface area contributed by atoms with E-state index in [9.17, 15) is 10.5 Å². The lowest BCUT2D eigenvalue weighted by Crippen LogP contribution is -2.14. The molecule has 0 aliphatic rings. The van der Waals surface area contributed by atoms with Gasteiger partial charge in [-0.15, -0.1) is 0 Å². The Morgan fingerprint density at radius 3 is 0.700 bits per heavy atom. The van der Waals surface area contributed by atoms with Gasteiger partial charge >= 0.3 is 0 Å². The van der Waals surface area contributed by atoms with Gasteiger partial charge in [-0.3, -0.25) is 0 Å². The van der Waals surface area contributed by atoms with Crippen molar-refractivity contribution in [3.8, 4) is 56.6 Å². The van der Waals surface area contributed by atoms with E-state index in [1.807, 2.05) is 194 Å². The second-order valence-corrected chi connectivity index (χ2v) is 39.5. The number of halogens is 8. The van der Waals surface area contributed by atoms with Gasteiger partial charge in [0.2, 0.25) is 0 Å². The molecule has 8 nitrogen and oxygen atoms in total. The minimum absolute atomic E-state index is 0.0985. The summed E-state index contributed by atoms with van der Waals surface area (Å²) in [6.07, 6.45) is 0. The zero-order valence-corrected chi connectivity index (χ0v) is 78.9. The Labute approximate surface area is 808 Å². The molecule has 0 heterocycles. The number of nitriles is 2. The topological polar surface area (TPSA) is 69.3 Å². The van der Waals surface area contributed by atoms with Crippen LogP contribution in [0.1, 0.15) is 116 Å². The molecule has 0 atom stereocenters. The lowest BCUT2D eigenvalue weighted by atomic mass is 9.85. The largest absolute Gasteiger partial charge is 0.307 e. The van der Waals surface area contributed by atoms with Gasteiger partial charge in [0.1, 0.15) is 46.5 Å². The van der Waals surface area contributed by atoms with Crippen LogP contribution >= 0.6 is 0 Å². The van der Waals surface area contributed by atoms with Gasteiger partial charge < -0.3 is 19.6 Å². The molecule has 16 heteroatoms. The summed E-state index contributed by atoms with van der Waals surface area (Å²) in [5, 5.41) is 29.4. The van der Waals surface area contributed by atoms with Gasteiger partial charge in [0.25, 0.3) is 0 Å². The highest BCUT2D eigenvalue weighted by Crippen LogP contribution is 2.54. The maximum atomic E-state index is 16.7. The van der Waals surface area contributed by atoms with Crippen LogP contribution in [0.3, 0.4) is 0 Å². The van der Waals surface area contributed by atoms with Crippen molar-refractivity contribution in [1.29, 1.82) is 10.5 Å². The first kappa shape index (κ1) is 92.2. The van der Waals surface area contributed by atoms with Crippen molar-refractivity contribution in [2.24, 2.45) is 0 Å². The molecule has 20 rings (SSSR count). The normalized spacial score (nSPS) is 11.8. The van der Waals surface area contributed by atoms with E-state index < -0.39 is 46.5 Å². The van der Waals surface area contributed by atoms with Crippen molar-refractivity contribution >= 4 is 144 Å². The highest BCUT2D eigenvalue weighted by Gasteiger charge is 2.32. The Balaban J connectivity index is 0.000000178. The lowest BCUT2D eigenvalue weighted by Gasteiger charge is -2.30. The third kappa shape index (κ3) is 17.1. The van der Waals surface area contributed by atoms with Gasteiger partial charge in [0.05, 0.1) is 81.9 Å². The van der Waals surface area contributed by atoms with Crippen molar-refractivity contribution in [2.75, 3.05) is 19.6 Å². The standard InChI is InChI=1S/2C62H46F4N4/c1-61(2,3)42-18-10-38(11-19-42)49-32-57(53(65)34-51(49)63)69(45-24-8-37(36-67)9-25-45)55-30-16-40-15-29-48-56(31-17-41-14-28-47(55)59(40)60(41)48)70(46-26-22-44(68-7)23-27-46)58-33-50(52(64)35-54(58)66)39-12-20-43(21-13-39)62(4,5)6;1-61(2,3)42-12-8-10-40(30-42)49-32-57(53(65)34-51(49)63)69(45-22-14-37(36-67)15-23-45)55-28-18-38-17-27-48-56(29-19-39-16-26-47(55)59(38)60(39)48)70(46-24-20-44(68-7)21-25-46)58-33-50(52(64)35-54(58)66)41-11-9-13-43(31-41)62(4,5)6/h2*8-35H,1-6H3. The highest BCUT2D eigenvalue weighted by molar-refractivity contribution is 6.30. The van der Waals surface area contributed by atoms with Crippen molar-refractivity contribution in [3.63, 3.8) is 0 Å². The van der Waals surface area contributed by atoms with Gasteiger partial charge in [-0.05, 0) is 231 Å². The number of nitrogens with zero attached hydrogens (tertiary/aromatic N) is 8. The molecule has 0 aromatic heterocycles. The van der Waals surface area contributed by atoms with Gasteiger partial charge in [0, 0.05) is 90.8 Å². The van der Waals surface area contributed by atoms with Crippen molar-refractivity contribution in [3.05, 3.63) is 442 Å². The molecule has 20 aromatic rings. The Morgan fingerprint density at radius 1 is 0.229 bits per heavy atom. The van der Waals surface area contributed by atoms with Crippen molar-refractivity contribution in [2.45, 2.75) is 105 Å². The van der Waals surface area contributed by atoms with Gasteiger partial charge in [-0.2, -0.15) is 10.5 Å². The van der Waals surface area contributed by atoms with Crippen LogP contribution in [-0.2, 0) is 21.7 Å². The molecule has 0 spiro atoms. The molecule has 0 aliphatic carbocycles. The van der Waals surface area contributed by atoms with Crippen molar-refractivity contribution < 1.29 is 35.1 Å². The maximum Gasteiger partial charge on any atom is 0.187 e. The van der Waals surface area contributed by atoms with Crippen LogP contribution in [0.2, 0.25) is 0 Å². The SMILES string of the molecule is [C-]#[N+]c1ccc(N(c2cc(-c3ccc(C(C)(C)C)cc3)c(F)cc2F)c2ccc3ccc4c(N(c5ccc(C#N)cc5)c5cc(-c6ccc(C(C)(C)C)cc6)c(F)cc5F)ccc5ccc2c3c54)cc1.[C-]#[N+]c1ccc(N(c2cc(-c3cccc(C(C)(C)C)c3)c(F)cc2F)c2ccc3ccc4c(N(c5ccc(C#N)cc5)c5cc(-c6cccc(C(C)(C)C)c6)c(F)cc5F)ccc5ccc2c3c54)cc1. The minimum atomic E-state index is -0.782. The van der Waals surface area contributed by atoms with Crippen LogP contribution in [0.5, 0.6) is 0 Å². The van der Waals surface area contributed by atoms with E-state index >= 15 is 35.1 Å². The molecule has 0 saturated carbocycles. The summed E-state index contributed by atoms with van der Waals surface area (Å²) in [7, 11) is 0. The third-order valence-electron chi connectivity index (χ3n) is 26.5. The molecule has 0 unspecified atom stereocenters. The second kappa shape index (κ2) is 36.0. The van der Waals surface area contributed by atoms with E-state index in [-0.39, 0.29) is 66.7 Å². The third-order valence-corrected chi connectivity index (χ3v) is 26.5. The monoisotopic (exact) mass is 1840 g/mol. The predicted molar refractivity (Wildman–Crippen MR) is 557 cm³/mol. The van der Waals surface area contributed by atoms with E-state index in [1.165, 1.54) is 12.1 Å². The number of hydrogen-bond donors (Lipinski definition) is 0. The van der Waals surface area contributed by atoms with E-state index in [2.05, 4.69) is 105 Å². The highest BCUT2D eigenvalue weighted by atomic mass is 19.2.